The highest BCUT2D eigenvalue weighted by Crippen LogP contribution is 2.19. The zero-order valence-corrected chi connectivity index (χ0v) is 10.1. The Balaban J connectivity index is 2.30. The standard InChI is InChI=1S/C11H18N2OS/c1-14-10-6-5-8-13-11(10)12-7-3-4-9-15-2/h5-6,8H,3-4,7,9H2,1-2H3,(H,12,13). The van der Waals surface area contributed by atoms with Gasteiger partial charge in [-0.15, -0.1) is 0 Å². The quantitative estimate of drug-likeness (QED) is 0.725. The summed E-state index contributed by atoms with van der Waals surface area (Å²) in [6.45, 7) is 0.952. The third-order valence-corrected chi connectivity index (χ3v) is 2.76. The van der Waals surface area contributed by atoms with Gasteiger partial charge in [-0.3, -0.25) is 0 Å². The molecule has 1 N–H and O–H groups in total. The molecule has 0 aliphatic rings. The Bertz CT molecular complexity index is 281. The molecular formula is C11H18N2OS. The van der Waals surface area contributed by atoms with E-state index in [-0.39, 0.29) is 0 Å². The summed E-state index contributed by atoms with van der Waals surface area (Å²) < 4.78 is 5.19. The third kappa shape index (κ3) is 4.42. The largest absolute Gasteiger partial charge is 0.493 e. The number of anilines is 1. The smallest absolute Gasteiger partial charge is 0.168 e. The molecule has 1 heterocycles. The molecular weight excluding hydrogens is 208 g/mol. The van der Waals surface area contributed by atoms with Crippen LogP contribution in [-0.4, -0.2) is 30.6 Å². The molecule has 0 aliphatic carbocycles. The fourth-order valence-corrected chi connectivity index (χ4v) is 1.76. The highest BCUT2D eigenvalue weighted by molar-refractivity contribution is 7.98. The second-order valence-corrected chi connectivity index (χ2v) is 4.17. The van der Waals surface area contributed by atoms with Crippen molar-refractivity contribution in [2.24, 2.45) is 0 Å². The van der Waals surface area contributed by atoms with Crippen LogP contribution in [0.15, 0.2) is 18.3 Å². The van der Waals surface area contributed by atoms with E-state index >= 15 is 0 Å². The number of hydrogen-bond donors (Lipinski definition) is 1. The molecule has 0 saturated heterocycles. The van der Waals surface area contributed by atoms with Crippen LogP contribution in [0, 0.1) is 0 Å². The topological polar surface area (TPSA) is 34.1 Å². The lowest BCUT2D eigenvalue weighted by atomic mass is 10.3. The number of rotatable bonds is 7. The Labute approximate surface area is 95.6 Å². The molecule has 1 aromatic heterocycles. The normalized spacial score (nSPS) is 10.0. The predicted octanol–water partition coefficient (Wildman–Crippen LogP) is 2.65. The molecule has 0 fully saturated rings. The van der Waals surface area contributed by atoms with Crippen molar-refractivity contribution in [3.05, 3.63) is 18.3 Å². The maximum Gasteiger partial charge on any atom is 0.168 e. The maximum atomic E-state index is 5.19. The first-order valence-corrected chi connectivity index (χ1v) is 6.49. The predicted molar refractivity (Wildman–Crippen MR) is 66.9 cm³/mol. The molecule has 1 aromatic rings. The van der Waals surface area contributed by atoms with Gasteiger partial charge in [0, 0.05) is 12.7 Å². The van der Waals surface area contributed by atoms with Crippen molar-refractivity contribution in [1.29, 1.82) is 0 Å². The summed E-state index contributed by atoms with van der Waals surface area (Å²) in [5.41, 5.74) is 0. The van der Waals surface area contributed by atoms with Crippen molar-refractivity contribution in [3.63, 3.8) is 0 Å². The summed E-state index contributed by atoms with van der Waals surface area (Å²) in [4.78, 5) is 4.23. The summed E-state index contributed by atoms with van der Waals surface area (Å²) in [6.07, 6.45) is 6.31. The lowest BCUT2D eigenvalue weighted by molar-refractivity contribution is 0.415. The molecule has 4 heteroatoms. The molecule has 0 aromatic carbocycles. The van der Waals surface area contributed by atoms with Gasteiger partial charge in [-0.25, -0.2) is 4.98 Å². The van der Waals surface area contributed by atoms with E-state index in [2.05, 4.69) is 16.6 Å². The Morgan fingerprint density at radius 1 is 1.47 bits per heavy atom. The van der Waals surface area contributed by atoms with Crippen LogP contribution in [-0.2, 0) is 0 Å². The maximum absolute atomic E-state index is 5.19. The highest BCUT2D eigenvalue weighted by Gasteiger charge is 2.00. The van der Waals surface area contributed by atoms with Gasteiger partial charge in [-0.2, -0.15) is 11.8 Å². The second kappa shape index (κ2) is 7.40. The number of ether oxygens (including phenoxy) is 1. The number of nitrogens with zero attached hydrogens (tertiary/aromatic N) is 1. The number of nitrogens with one attached hydrogen (secondary N) is 1. The summed E-state index contributed by atoms with van der Waals surface area (Å²) in [5, 5.41) is 3.28. The van der Waals surface area contributed by atoms with Crippen molar-refractivity contribution < 1.29 is 4.74 Å². The minimum absolute atomic E-state index is 0.808. The fraction of sp³-hybridized carbons (Fsp3) is 0.545. The minimum atomic E-state index is 0.808. The van der Waals surface area contributed by atoms with Gasteiger partial charge in [0.2, 0.25) is 0 Å². The molecule has 0 aliphatic heterocycles. The van der Waals surface area contributed by atoms with Gasteiger partial charge < -0.3 is 10.1 Å². The first-order valence-electron chi connectivity index (χ1n) is 5.10. The van der Waals surface area contributed by atoms with E-state index in [1.165, 1.54) is 18.6 Å². The first kappa shape index (κ1) is 12.2. The monoisotopic (exact) mass is 226 g/mol. The van der Waals surface area contributed by atoms with Crippen LogP contribution in [0.3, 0.4) is 0 Å². The second-order valence-electron chi connectivity index (χ2n) is 3.18. The Kier molecular flexibility index (Phi) is 6.00. The molecule has 0 unspecified atom stereocenters. The van der Waals surface area contributed by atoms with Gasteiger partial charge in [0.15, 0.2) is 11.6 Å². The minimum Gasteiger partial charge on any atom is -0.493 e. The van der Waals surface area contributed by atoms with E-state index in [0.29, 0.717) is 0 Å². The zero-order chi connectivity index (χ0) is 10.9. The van der Waals surface area contributed by atoms with E-state index in [0.717, 1.165) is 18.1 Å². The molecule has 15 heavy (non-hydrogen) atoms. The molecule has 0 atom stereocenters. The molecule has 84 valence electrons. The van der Waals surface area contributed by atoms with Gasteiger partial charge in [0.05, 0.1) is 7.11 Å². The van der Waals surface area contributed by atoms with Crippen LogP contribution in [0.1, 0.15) is 12.8 Å². The van der Waals surface area contributed by atoms with Crippen LogP contribution in [0.5, 0.6) is 5.75 Å². The van der Waals surface area contributed by atoms with E-state index in [1.54, 1.807) is 13.3 Å². The van der Waals surface area contributed by atoms with Gasteiger partial charge in [-0.05, 0) is 37.0 Å². The van der Waals surface area contributed by atoms with Crippen LogP contribution < -0.4 is 10.1 Å². The number of pyridine rings is 1. The lowest BCUT2D eigenvalue weighted by Crippen LogP contribution is -2.05. The van der Waals surface area contributed by atoms with E-state index < -0.39 is 0 Å². The highest BCUT2D eigenvalue weighted by atomic mass is 32.2. The summed E-state index contributed by atoms with van der Waals surface area (Å²) >= 11 is 1.89. The Morgan fingerprint density at radius 2 is 2.33 bits per heavy atom. The van der Waals surface area contributed by atoms with Crippen LogP contribution >= 0.6 is 11.8 Å². The van der Waals surface area contributed by atoms with Gasteiger partial charge in [0.25, 0.3) is 0 Å². The van der Waals surface area contributed by atoms with Gasteiger partial charge in [0.1, 0.15) is 0 Å². The van der Waals surface area contributed by atoms with E-state index in [9.17, 15) is 0 Å². The Morgan fingerprint density at radius 3 is 3.07 bits per heavy atom. The van der Waals surface area contributed by atoms with Crippen molar-refractivity contribution in [2.45, 2.75) is 12.8 Å². The van der Waals surface area contributed by atoms with E-state index in [1.807, 2.05) is 23.9 Å². The van der Waals surface area contributed by atoms with Crippen molar-refractivity contribution in [2.75, 3.05) is 31.0 Å². The van der Waals surface area contributed by atoms with Gasteiger partial charge in [-0.1, -0.05) is 0 Å². The van der Waals surface area contributed by atoms with Crippen LogP contribution in [0.2, 0.25) is 0 Å². The number of hydrogen-bond acceptors (Lipinski definition) is 4. The average molecular weight is 226 g/mol. The lowest BCUT2D eigenvalue weighted by Gasteiger charge is -2.08. The third-order valence-electron chi connectivity index (χ3n) is 2.06. The SMILES string of the molecule is COc1cccnc1NCCCCSC. The molecule has 1 rings (SSSR count). The number of unbranched alkanes of at least 4 members (excludes halogenated alkanes) is 1. The van der Waals surface area contributed by atoms with Crippen LogP contribution in [0.25, 0.3) is 0 Å². The molecule has 0 radical (unpaired) electrons. The summed E-state index contributed by atoms with van der Waals surface area (Å²) in [6, 6.07) is 3.79. The number of thioether (sulfide) groups is 1. The van der Waals surface area contributed by atoms with E-state index in [4.69, 9.17) is 4.74 Å². The van der Waals surface area contributed by atoms with Gasteiger partial charge >= 0.3 is 0 Å². The first-order chi connectivity index (χ1) is 7.38. The van der Waals surface area contributed by atoms with Crippen LogP contribution in [0.4, 0.5) is 5.82 Å². The average Bonchev–Trinajstić information content (AvgIpc) is 2.29. The molecule has 0 saturated carbocycles. The Hall–Kier alpha value is -0.900. The molecule has 3 nitrogen and oxygen atoms in total. The molecule has 0 amide bonds. The fourth-order valence-electron chi connectivity index (χ4n) is 1.27. The molecule has 0 spiro atoms. The number of aromatic nitrogens is 1. The van der Waals surface area contributed by atoms with Crippen molar-refractivity contribution in [1.82, 2.24) is 4.98 Å². The number of methoxy groups -OCH3 is 1. The van der Waals surface area contributed by atoms with Crippen molar-refractivity contribution >= 4 is 17.6 Å². The summed E-state index contributed by atoms with van der Waals surface area (Å²) in [5.74, 6) is 2.87. The van der Waals surface area contributed by atoms with Crippen molar-refractivity contribution in [3.8, 4) is 5.75 Å². The zero-order valence-electron chi connectivity index (χ0n) is 9.32. The molecule has 0 bridgehead atoms. The summed E-state index contributed by atoms with van der Waals surface area (Å²) in [7, 11) is 1.66.